The molecule has 1 saturated heterocycles. The van der Waals surface area contributed by atoms with E-state index in [2.05, 4.69) is 28.9 Å². The molecule has 17 heavy (non-hydrogen) atoms. The lowest BCUT2D eigenvalue weighted by Crippen LogP contribution is -2.41. The van der Waals surface area contributed by atoms with Crippen molar-refractivity contribution in [3.63, 3.8) is 0 Å². The highest BCUT2D eigenvalue weighted by atomic mass is 16.5. The summed E-state index contributed by atoms with van der Waals surface area (Å²) in [5, 5.41) is 0. The number of anilines is 2. The second-order valence-corrected chi connectivity index (χ2v) is 4.58. The Hall–Kier alpha value is -1.33. The fourth-order valence-electron chi connectivity index (χ4n) is 1.92. The molecule has 0 radical (unpaired) electrons. The summed E-state index contributed by atoms with van der Waals surface area (Å²) in [5.41, 5.74) is 6.71. The fraction of sp³-hybridized carbons (Fsp3) is 0.583. The van der Waals surface area contributed by atoms with Gasteiger partial charge in [-0.05, 0) is 26.2 Å². The Morgan fingerprint density at radius 2 is 2.29 bits per heavy atom. The number of pyridine rings is 1. The molecule has 1 fully saturated rings. The van der Waals surface area contributed by atoms with Crippen molar-refractivity contribution in [3.8, 4) is 0 Å². The van der Waals surface area contributed by atoms with Gasteiger partial charge in [0.25, 0.3) is 0 Å². The van der Waals surface area contributed by atoms with Crippen molar-refractivity contribution in [1.29, 1.82) is 0 Å². The maximum Gasteiger partial charge on any atom is 0.123 e. The molecule has 1 unspecified atom stereocenters. The van der Waals surface area contributed by atoms with E-state index in [9.17, 15) is 0 Å². The molecule has 5 nitrogen and oxygen atoms in total. The number of likely N-dealkylation sites (N-methyl/N-ethyl adjacent to an activating group) is 1. The van der Waals surface area contributed by atoms with Crippen LogP contribution in [-0.4, -0.2) is 56.3 Å². The van der Waals surface area contributed by atoms with E-state index < -0.39 is 0 Å². The van der Waals surface area contributed by atoms with Crippen molar-refractivity contribution in [1.82, 2.24) is 9.88 Å². The van der Waals surface area contributed by atoms with Crippen molar-refractivity contribution >= 4 is 11.5 Å². The van der Waals surface area contributed by atoms with Crippen LogP contribution in [0, 0.1) is 0 Å². The summed E-state index contributed by atoms with van der Waals surface area (Å²) < 4.78 is 5.62. The summed E-state index contributed by atoms with van der Waals surface area (Å²) in [4.78, 5) is 8.63. The van der Waals surface area contributed by atoms with Gasteiger partial charge in [-0.25, -0.2) is 4.98 Å². The largest absolute Gasteiger partial charge is 0.384 e. The minimum Gasteiger partial charge on any atom is -0.384 e. The minimum absolute atomic E-state index is 0.412. The molecule has 1 aromatic rings. The van der Waals surface area contributed by atoms with E-state index >= 15 is 0 Å². The number of ether oxygens (including phenoxy) is 1. The van der Waals surface area contributed by atoms with E-state index in [1.165, 1.54) is 0 Å². The standard InChI is InChI=1S/C12H20N4O/c1-15(2)11-8-16(5-6-17-9-11)10-3-4-12(13)14-7-10/h3-4,7,11H,5-6,8-9H2,1-2H3,(H2,13,14). The lowest BCUT2D eigenvalue weighted by molar-refractivity contribution is 0.103. The number of nitrogens with two attached hydrogens (primary N) is 1. The third-order valence-corrected chi connectivity index (χ3v) is 3.11. The van der Waals surface area contributed by atoms with Crippen molar-refractivity contribution in [2.75, 3.05) is 51.0 Å². The van der Waals surface area contributed by atoms with Gasteiger partial charge >= 0.3 is 0 Å². The zero-order chi connectivity index (χ0) is 12.3. The van der Waals surface area contributed by atoms with Crippen LogP contribution < -0.4 is 10.6 Å². The first kappa shape index (κ1) is 12.1. The lowest BCUT2D eigenvalue weighted by Gasteiger charge is -2.28. The van der Waals surface area contributed by atoms with E-state index in [1.807, 2.05) is 18.3 Å². The van der Waals surface area contributed by atoms with Crippen molar-refractivity contribution < 1.29 is 4.74 Å². The summed E-state index contributed by atoms with van der Waals surface area (Å²) in [5.74, 6) is 0.559. The van der Waals surface area contributed by atoms with Gasteiger partial charge < -0.3 is 20.3 Å². The molecule has 0 amide bonds. The van der Waals surface area contributed by atoms with Crippen LogP contribution >= 0.6 is 0 Å². The third-order valence-electron chi connectivity index (χ3n) is 3.11. The van der Waals surface area contributed by atoms with Gasteiger partial charge in [0.1, 0.15) is 5.82 Å². The molecule has 2 rings (SSSR count). The summed E-state index contributed by atoms with van der Waals surface area (Å²) in [7, 11) is 4.16. The molecular weight excluding hydrogens is 216 g/mol. The molecule has 0 saturated carbocycles. The second-order valence-electron chi connectivity index (χ2n) is 4.58. The van der Waals surface area contributed by atoms with Crippen molar-refractivity contribution in [2.24, 2.45) is 0 Å². The van der Waals surface area contributed by atoms with Crippen molar-refractivity contribution in [3.05, 3.63) is 18.3 Å². The highest BCUT2D eigenvalue weighted by Gasteiger charge is 2.20. The van der Waals surface area contributed by atoms with Gasteiger partial charge in [0.15, 0.2) is 0 Å². The molecule has 0 spiro atoms. The van der Waals surface area contributed by atoms with Crippen LogP contribution in [0.3, 0.4) is 0 Å². The van der Waals surface area contributed by atoms with E-state index in [0.717, 1.165) is 32.0 Å². The Morgan fingerprint density at radius 1 is 1.47 bits per heavy atom. The highest BCUT2D eigenvalue weighted by Crippen LogP contribution is 2.16. The molecule has 1 aliphatic rings. The number of aromatic nitrogens is 1. The quantitative estimate of drug-likeness (QED) is 0.807. The predicted molar refractivity (Wildman–Crippen MR) is 69.2 cm³/mol. The molecule has 1 aromatic heterocycles. The monoisotopic (exact) mass is 236 g/mol. The number of hydrogen-bond donors (Lipinski definition) is 1. The Bertz CT molecular complexity index is 352. The normalized spacial score (nSPS) is 21.6. The van der Waals surface area contributed by atoms with Crippen LogP contribution in [0.1, 0.15) is 0 Å². The highest BCUT2D eigenvalue weighted by molar-refractivity contribution is 5.48. The SMILES string of the molecule is CN(C)C1COCCN(c2ccc(N)nc2)C1. The second kappa shape index (κ2) is 5.33. The van der Waals surface area contributed by atoms with Crippen LogP contribution in [0.5, 0.6) is 0 Å². The topological polar surface area (TPSA) is 54.6 Å². The molecular formula is C12H20N4O. The predicted octanol–water partition coefficient (Wildman–Crippen LogP) is 0.431. The molecule has 1 atom stereocenters. The van der Waals surface area contributed by atoms with E-state index in [1.54, 1.807) is 0 Å². The molecule has 2 heterocycles. The first-order valence-corrected chi connectivity index (χ1v) is 5.87. The lowest BCUT2D eigenvalue weighted by atomic mass is 10.2. The average Bonchev–Trinajstić information content (AvgIpc) is 2.55. The Balaban J connectivity index is 2.10. The van der Waals surface area contributed by atoms with Crippen LogP contribution in [-0.2, 0) is 4.74 Å². The molecule has 2 N–H and O–H groups in total. The molecule has 0 aliphatic carbocycles. The molecule has 94 valence electrons. The minimum atomic E-state index is 0.412. The van der Waals surface area contributed by atoms with Crippen LogP contribution in [0.15, 0.2) is 18.3 Å². The number of nitrogens with zero attached hydrogens (tertiary/aromatic N) is 3. The maximum absolute atomic E-state index is 5.62. The van der Waals surface area contributed by atoms with Crippen molar-refractivity contribution in [2.45, 2.75) is 6.04 Å². The zero-order valence-electron chi connectivity index (χ0n) is 10.5. The van der Waals surface area contributed by atoms with Gasteiger partial charge in [-0.3, -0.25) is 0 Å². The molecule has 5 heteroatoms. The van der Waals surface area contributed by atoms with E-state index in [-0.39, 0.29) is 0 Å². The first-order chi connectivity index (χ1) is 8.16. The van der Waals surface area contributed by atoms with Gasteiger partial charge in [-0.15, -0.1) is 0 Å². The Kier molecular flexibility index (Phi) is 3.81. The summed E-state index contributed by atoms with van der Waals surface area (Å²) in [6.45, 7) is 3.40. The van der Waals surface area contributed by atoms with E-state index in [0.29, 0.717) is 11.9 Å². The van der Waals surface area contributed by atoms with Gasteiger partial charge in [0.2, 0.25) is 0 Å². The van der Waals surface area contributed by atoms with E-state index in [4.69, 9.17) is 10.5 Å². The van der Waals surface area contributed by atoms with Crippen LogP contribution in [0.2, 0.25) is 0 Å². The van der Waals surface area contributed by atoms with Gasteiger partial charge in [0, 0.05) is 19.1 Å². The molecule has 1 aliphatic heterocycles. The zero-order valence-corrected chi connectivity index (χ0v) is 10.5. The number of rotatable bonds is 2. The Labute approximate surface area is 102 Å². The van der Waals surface area contributed by atoms with Gasteiger partial charge in [-0.1, -0.05) is 0 Å². The van der Waals surface area contributed by atoms with Crippen LogP contribution in [0.25, 0.3) is 0 Å². The molecule has 0 bridgehead atoms. The van der Waals surface area contributed by atoms with Gasteiger partial charge in [0.05, 0.1) is 25.1 Å². The average molecular weight is 236 g/mol. The smallest absolute Gasteiger partial charge is 0.123 e. The number of nitrogen functional groups attached to an aromatic ring is 1. The first-order valence-electron chi connectivity index (χ1n) is 5.87. The molecule has 0 aromatic carbocycles. The summed E-state index contributed by atoms with van der Waals surface area (Å²) >= 11 is 0. The Morgan fingerprint density at radius 3 is 2.94 bits per heavy atom. The summed E-state index contributed by atoms with van der Waals surface area (Å²) in [6.07, 6.45) is 1.83. The maximum atomic E-state index is 5.62. The van der Waals surface area contributed by atoms with Gasteiger partial charge in [-0.2, -0.15) is 0 Å². The fourth-order valence-corrected chi connectivity index (χ4v) is 1.92. The number of hydrogen-bond acceptors (Lipinski definition) is 5. The summed E-state index contributed by atoms with van der Waals surface area (Å²) in [6, 6.07) is 4.27. The van der Waals surface area contributed by atoms with Crippen LogP contribution in [0.4, 0.5) is 11.5 Å². The third kappa shape index (κ3) is 3.08.